The Labute approximate surface area is 98.9 Å². The second kappa shape index (κ2) is 6.66. The monoisotopic (exact) mass is 221 g/mol. The fourth-order valence-electron chi connectivity index (χ4n) is 2.08. The Balaban J connectivity index is 2.58. The molecule has 0 saturated heterocycles. The number of nitrogens with zero attached hydrogens (tertiary/aromatic N) is 1. The predicted octanol–water partition coefficient (Wildman–Crippen LogP) is 2.80. The van der Waals surface area contributed by atoms with Gasteiger partial charge in [0.1, 0.15) is 0 Å². The van der Waals surface area contributed by atoms with Crippen LogP contribution in [0.4, 0.5) is 0 Å². The highest BCUT2D eigenvalue weighted by Gasteiger charge is 2.10. The van der Waals surface area contributed by atoms with Gasteiger partial charge in [0.15, 0.2) is 0 Å². The second-order valence-corrected chi connectivity index (χ2v) is 4.36. The summed E-state index contributed by atoms with van der Waals surface area (Å²) in [6, 6.07) is 8.86. The first-order chi connectivity index (χ1) is 7.71. The first-order valence-corrected chi connectivity index (χ1v) is 6.10. The van der Waals surface area contributed by atoms with Crippen molar-refractivity contribution in [3.63, 3.8) is 0 Å². The van der Waals surface area contributed by atoms with Crippen LogP contribution < -0.4 is 0 Å². The van der Waals surface area contributed by atoms with Crippen LogP contribution in [-0.2, 0) is 13.2 Å². The van der Waals surface area contributed by atoms with Gasteiger partial charge in [0.2, 0.25) is 0 Å². The standard InChI is InChI=1S/C14H23NO/c1-4-14(5-2)15(3)10-12-6-8-13(11-16)9-7-12/h6-9,14,16H,4-5,10-11H2,1-3H3. The molecule has 0 aliphatic heterocycles. The van der Waals surface area contributed by atoms with Gasteiger partial charge in [-0.1, -0.05) is 38.1 Å². The summed E-state index contributed by atoms with van der Waals surface area (Å²) in [6.45, 7) is 5.58. The lowest BCUT2D eigenvalue weighted by molar-refractivity contribution is 0.221. The summed E-state index contributed by atoms with van der Waals surface area (Å²) in [5.41, 5.74) is 2.29. The van der Waals surface area contributed by atoms with E-state index < -0.39 is 0 Å². The van der Waals surface area contributed by atoms with Crippen molar-refractivity contribution in [2.45, 2.75) is 45.9 Å². The maximum atomic E-state index is 8.96. The lowest BCUT2D eigenvalue weighted by Crippen LogP contribution is -2.29. The molecule has 0 aliphatic rings. The highest BCUT2D eigenvalue weighted by molar-refractivity contribution is 5.21. The van der Waals surface area contributed by atoms with E-state index in [9.17, 15) is 0 Å². The van der Waals surface area contributed by atoms with E-state index in [0.717, 1.165) is 12.1 Å². The van der Waals surface area contributed by atoms with Crippen LogP contribution in [0.15, 0.2) is 24.3 Å². The number of hydrogen-bond acceptors (Lipinski definition) is 2. The minimum Gasteiger partial charge on any atom is -0.392 e. The van der Waals surface area contributed by atoms with Crippen LogP contribution in [0.3, 0.4) is 0 Å². The molecule has 0 aliphatic carbocycles. The summed E-state index contributed by atoms with van der Waals surface area (Å²) >= 11 is 0. The van der Waals surface area contributed by atoms with Gasteiger partial charge in [-0.2, -0.15) is 0 Å². The van der Waals surface area contributed by atoms with Gasteiger partial charge < -0.3 is 5.11 Å². The summed E-state index contributed by atoms with van der Waals surface area (Å²) in [6.07, 6.45) is 2.39. The average molecular weight is 221 g/mol. The van der Waals surface area contributed by atoms with Crippen molar-refractivity contribution in [2.24, 2.45) is 0 Å². The molecule has 0 saturated carbocycles. The van der Waals surface area contributed by atoms with Crippen LogP contribution in [0.1, 0.15) is 37.8 Å². The summed E-state index contributed by atoms with van der Waals surface area (Å²) in [7, 11) is 2.18. The van der Waals surface area contributed by atoms with Gasteiger partial charge in [0, 0.05) is 12.6 Å². The molecule has 0 unspecified atom stereocenters. The quantitative estimate of drug-likeness (QED) is 0.798. The van der Waals surface area contributed by atoms with Crippen molar-refractivity contribution in [2.75, 3.05) is 7.05 Å². The molecule has 0 fully saturated rings. The fraction of sp³-hybridized carbons (Fsp3) is 0.571. The summed E-state index contributed by atoms with van der Waals surface area (Å²) in [5, 5.41) is 8.96. The zero-order valence-electron chi connectivity index (χ0n) is 10.6. The van der Waals surface area contributed by atoms with Crippen molar-refractivity contribution in [1.29, 1.82) is 0 Å². The molecule has 0 amide bonds. The molecule has 2 nitrogen and oxygen atoms in total. The van der Waals surface area contributed by atoms with Gasteiger partial charge in [-0.15, -0.1) is 0 Å². The highest BCUT2D eigenvalue weighted by atomic mass is 16.3. The molecule has 16 heavy (non-hydrogen) atoms. The Hall–Kier alpha value is -0.860. The van der Waals surface area contributed by atoms with Gasteiger partial charge in [-0.25, -0.2) is 0 Å². The average Bonchev–Trinajstić information content (AvgIpc) is 2.31. The largest absolute Gasteiger partial charge is 0.392 e. The predicted molar refractivity (Wildman–Crippen MR) is 68.2 cm³/mol. The van der Waals surface area contributed by atoms with E-state index in [0.29, 0.717) is 6.04 Å². The van der Waals surface area contributed by atoms with Crippen molar-refractivity contribution in [3.8, 4) is 0 Å². The summed E-state index contributed by atoms with van der Waals surface area (Å²) in [4.78, 5) is 2.40. The summed E-state index contributed by atoms with van der Waals surface area (Å²) < 4.78 is 0. The molecule has 0 radical (unpaired) electrons. The Morgan fingerprint density at radius 3 is 2.00 bits per heavy atom. The number of benzene rings is 1. The van der Waals surface area contributed by atoms with Crippen LogP contribution in [0.5, 0.6) is 0 Å². The highest BCUT2D eigenvalue weighted by Crippen LogP contribution is 2.12. The smallest absolute Gasteiger partial charge is 0.0681 e. The second-order valence-electron chi connectivity index (χ2n) is 4.36. The van der Waals surface area contributed by atoms with Gasteiger partial charge in [-0.3, -0.25) is 4.90 Å². The van der Waals surface area contributed by atoms with Gasteiger partial charge in [-0.05, 0) is 31.0 Å². The Morgan fingerprint density at radius 2 is 1.56 bits per heavy atom. The lowest BCUT2D eigenvalue weighted by Gasteiger charge is -2.26. The Kier molecular flexibility index (Phi) is 5.50. The molecule has 1 N–H and O–H groups in total. The van der Waals surface area contributed by atoms with Crippen molar-refractivity contribution < 1.29 is 5.11 Å². The summed E-state index contributed by atoms with van der Waals surface area (Å²) in [5.74, 6) is 0. The van der Waals surface area contributed by atoms with Crippen molar-refractivity contribution in [1.82, 2.24) is 4.90 Å². The van der Waals surface area contributed by atoms with Crippen molar-refractivity contribution in [3.05, 3.63) is 35.4 Å². The van der Waals surface area contributed by atoms with E-state index in [1.54, 1.807) is 0 Å². The van der Waals surface area contributed by atoms with Crippen LogP contribution in [-0.4, -0.2) is 23.1 Å². The lowest BCUT2D eigenvalue weighted by atomic mass is 10.1. The first-order valence-electron chi connectivity index (χ1n) is 6.10. The van der Waals surface area contributed by atoms with Crippen LogP contribution in [0, 0.1) is 0 Å². The molecule has 0 heterocycles. The Morgan fingerprint density at radius 1 is 1.06 bits per heavy atom. The van der Waals surface area contributed by atoms with Crippen LogP contribution >= 0.6 is 0 Å². The minimum atomic E-state index is 0.128. The molecule has 0 aromatic heterocycles. The zero-order chi connectivity index (χ0) is 12.0. The Bertz CT molecular complexity index is 290. The maximum Gasteiger partial charge on any atom is 0.0681 e. The number of aliphatic hydroxyl groups excluding tert-OH is 1. The molecule has 1 rings (SSSR count). The molecule has 2 heteroatoms. The number of rotatable bonds is 6. The topological polar surface area (TPSA) is 23.5 Å². The van der Waals surface area contributed by atoms with Gasteiger partial charge >= 0.3 is 0 Å². The van der Waals surface area contributed by atoms with Crippen LogP contribution in [0.2, 0.25) is 0 Å². The molecule has 90 valence electrons. The molecule has 1 aromatic carbocycles. The van der Waals surface area contributed by atoms with E-state index in [2.05, 4.69) is 37.9 Å². The zero-order valence-corrected chi connectivity index (χ0v) is 10.6. The third kappa shape index (κ3) is 3.62. The molecular weight excluding hydrogens is 198 g/mol. The van der Waals surface area contributed by atoms with E-state index in [1.165, 1.54) is 18.4 Å². The molecule has 0 spiro atoms. The SMILES string of the molecule is CCC(CC)N(C)Cc1ccc(CO)cc1. The molecular formula is C14H23NO. The number of aliphatic hydroxyl groups is 1. The third-order valence-electron chi connectivity index (χ3n) is 3.20. The third-order valence-corrected chi connectivity index (χ3v) is 3.20. The van der Waals surface area contributed by atoms with E-state index in [1.807, 2.05) is 12.1 Å². The normalized spacial score (nSPS) is 11.4. The van der Waals surface area contributed by atoms with Gasteiger partial charge in [0.25, 0.3) is 0 Å². The van der Waals surface area contributed by atoms with E-state index in [4.69, 9.17) is 5.11 Å². The molecule has 1 aromatic rings. The van der Waals surface area contributed by atoms with Gasteiger partial charge in [0.05, 0.1) is 6.61 Å². The van der Waals surface area contributed by atoms with E-state index >= 15 is 0 Å². The van der Waals surface area contributed by atoms with E-state index in [-0.39, 0.29) is 6.61 Å². The molecule has 0 bridgehead atoms. The first kappa shape index (κ1) is 13.2. The van der Waals surface area contributed by atoms with Crippen LogP contribution in [0.25, 0.3) is 0 Å². The number of hydrogen-bond donors (Lipinski definition) is 1. The molecule has 0 atom stereocenters. The van der Waals surface area contributed by atoms with Crippen molar-refractivity contribution >= 4 is 0 Å². The fourth-order valence-corrected chi connectivity index (χ4v) is 2.08. The minimum absolute atomic E-state index is 0.128. The maximum absolute atomic E-state index is 8.96.